The topological polar surface area (TPSA) is 15.7 Å². The van der Waals surface area contributed by atoms with Crippen molar-refractivity contribution in [1.29, 1.82) is 0 Å². The molecule has 0 aromatic rings. The van der Waals surface area contributed by atoms with Crippen molar-refractivity contribution in [3.05, 3.63) is 0 Å². The van der Waals surface area contributed by atoms with E-state index < -0.39 is 0 Å². The predicted octanol–water partition coefficient (Wildman–Crippen LogP) is 1.09. The van der Waals surface area contributed by atoms with Crippen LogP contribution in [-0.4, -0.2) is 47.8 Å². The molecule has 0 unspecified atom stereocenters. The van der Waals surface area contributed by atoms with Crippen LogP contribution in [0.3, 0.4) is 0 Å². The predicted molar refractivity (Wildman–Crippen MR) is 58.3 cm³/mol. The average molecular weight is 206 g/mol. The molecular formula is C7H14N2OS2. The second kappa shape index (κ2) is 5.27. The Balaban J connectivity index is 4.10. The number of rotatable bonds is 1. The van der Waals surface area contributed by atoms with E-state index >= 15 is 0 Å². The van der Waals surface area contributed by atoms with Gasteiger partial charge < -0.3 is 9.64 Å². The number of hydrogen-bond acceptors (Lipinski definition) is 3. The van der Waals surface area contributed by atoms with Gasteiger partial charge >= 0.3 is 0 Å². The Morgan fingerprint density at radius 3 is 2.08 bits per heavy atom. The van der Waals surface area contributed by atoms with E-state index in [2.05, 4.69) is 0 Å². The Kier molecular flexibility index (Phi) is 5.08. The molecule has 0 aliphatic carbocycles. The molecule has 3 nitrogen and oxygen atoms in total. The maximum atomic E-state index is 5.12. The van der Waals surface area contributed by atoms with Crippen LogP contribution < -0.4 is 0 Å². The Morgan fingerprint density at radius 2 is 1.75 bits per heavy atom. The summed E-state index contributed by atoms with van der Waals surface area (Å²) in [5.74, 6) is 0. The van der Waals surface area contributed by atoms with Crippen LogP contribution in [-0.2, 0) is 4.74 Å². The molecule has 12 heavy (non-hydrogen) atoms. The fourth-order valence-corrected chi connectivity index (χ4v) is 0.943. The van der Waals surface area contributed by atoms with Crippen LogP contribution in [0.1, 0.15) is 6.92 Å². The van der Waals surface area contributed by atoms with Gasteiger partial charge in [0.15, 0.2) is 5.11 Å². The zero-order valence-corrected chi connectivity index (χ0v) is 9.46. The molecule has 0 spiro atoms. The molecule has 0 amide bonds. The summed E-state index contributed by atoms with van der Waals surface area (Å²) < 4.78 is 5.12. The van der Waals surface area contributed by atoms with Gasteiger partial charge in [-0.3, -0.25) is 4.90 Å². The van der Waals surface area contributed by atoms with Gasteiger partial charge in [-0.15, -0.1) is 0 Å². The van der Waals surface area contributed by atoms with Crippen LogP contribution in [0.4, 0.5) is 0 Å². The second-order valence-electron chi connectivity index (χ2n) is 2.43. The van der Waals surface area contributed by atoms with Crippen molar-refractivity contribution in [2.75, 3.05) is 27.7 Å². The van der Waals surface area contributed by atoms with E-state index in [9.17, 15) is 0 Å². The molecule has 0 aliphatic rings. The SMILES string of the molecule is CCOC(=S)N(C)C(=S)N(C)C. The second-order valence-corrected chi connectivity index (χ2v) is 3.15. The minimum atomic E-state index is 0.413. The maximum absolute atomic E-state index is 5.12. The third-order valence-electron chi connectivity index (χ3n) is 1.21. The molecule has 0 aromatic heterocycles. The van der Waals surface area contributed by atoms with Crippen molar-refractivity contribution in [2.24, 2.45) is 0 Å². The van der Waals surface area contributed by atoms with Crippen LogP contribution in [0.25, 0.3) is 0 Å². The minimum absolute atomic E-state index is 0.413. The van der Waals surface area contributed by atoms with E-state index in [1.807, 2.05) is 21.0 Å². The van der Waals surface area contributed by atoms with Crippen molar-refractivity contribution in [1.82, 2.24) is 9.80 Å². The first-order chi connectivity index (χ1) is 5.50. The average Bonchev–Trinajstić information content (AvgIpc) is 2.02. The molecule has 0 bridgehead atoms. The highest BCUT2D eigenvalue weighted by Gasteiger charge is 2.11. The van der Waals surface area contributed by atoms with Crippen LogP contribution in [0.15, 0.2) is 0 Å². The summed E-state index contributed by atoms with van der Waals surface area (Å²) in [6, 6.07) is 0. The molecule has 0 saturated carbocycles. The molecule has 0 radical (unpaired) electrons. The lowest BCUT2D eigenvalue weighted by Gasteiger charge is -2.24. The number of thiocarbonyl (C=S) groups is 2. The van der Waals surface area contributed by atoms with Crippen LogP contribution >= 0.6 is 24.4 Å². The lowest BCUT2D eigenvalue weighted by Crippen LogP contribution is -2.40. The van der Waals surface area contributed by atoms with Crippen molar-refractivity contribution in [2.45, 2.75) is 6.92 Å². The third kappa shape index (κ3) is 3.32. The summed E-state index contributed by atoms with van der Waals surface area (Å²) >= 11 is 10.0. The van der Waals surface area contributed by atoms with Gasteiger partial charge in [-0.05, 0) is 31.4 Å². The van der Waals surface area contributed by atoms with E-state index in [4.69, 9.17) is 29.2 Å². The summed E-state index contributed by atoms with van der Waals surface area (Å²) in [5.41, 5.74) is 0. The summed E-state index contributed by atoms with van der Waals surface area (Å²) in [6.45, 7) is 2.46. The first-order valence-electron chi connectivity index (χ1n) is 3.62. The monoisotopic (exact) mass is 206 g/mol. The highest BCUT2D eigenvalue weighted by atomic mass is 32.1. The molecular weight excluding hydrogens is 192 g/mol. The fourth-order valence-electron chi connectivity index (χ4n) is 0.598. The van der Waals surface area contributed by atoms with Gasteiger partial charge in [-0.2, -0.15) is 0 Å². The van der Waals surface area contributed by atoms with Gasteiger partial charge in [-0.25, -0.2) is 0 Å². The van der Waals surface area contributed by atoms with Crippen LogP contribution in [0.5, 0.6) is 0 Å². The smallest absolute Gasteiger partial charge is 0.265 e. The van der Waals surface area contributed by atoms with E-state index in [1.54, 1.807) is 16.8 Å². The Morgan fingerprint density at radius 1 is 1.25 bits per heavy atom. The quantitative estimate of drug-likeness (QED) is 0.595. The third-order valence-corrected chi connectivity index (χ3v) is 2.24. The molecule has 0 aliphatic heterocycles. The van der Waals surface area contributed by atoms with Gasteiger partial charge in [0.1, 0.15) is 0 Å². The molecule has 70 valence electrons. The zero-order valence-electron chi connectivity index (χ0n) is 7.83. The minimum Gasteiger partial charge on any atom is -0.471 e. The van der Waals surface area contributed by atoms with Gasteiger partial charge in [0.2, 0.25) is 0 Å². The van der Waals surface area contributed by atoms with Gasteiger partial charge in [-0.1, -0.05) is 0 Å². The lowest BCUT2D eigenvalue weighted by atomic mass is 10.7. The van der Waals surface area contributed by atoms with E-state index in [-0.39, 0.29) is 0 Å². The van der Waals surface area contributed by atoms with E-state index in [1.165, 1.54) is 0 Å². The standard InChI is InChI=1S/C7H14N2OS2/c1-5-10-7(12)9(4)6(11)8(2)3/h5H2,1-4H3. The molecule has 5 heteroatoms. The molecule has 0 fully saturated rings. The normalized spacial score (nSPS) is 9.00. The number of ether oxygens (including phenoxy) is 1. The largest absolute Gasteiger partial charge is 0.471 e. The number of hydrogen-bond donors (Lipinski definition) is 0. The first-order valence-corrected chi connectivity index (χ1v) is 4.44. The Bertz CT molecular complexity index is 182. The maximum Gasteiger partial charge on any atom is 0.265 e. The van der Waals surface area contributed by atoms with Crippen molar-refractivity contribution in [3.8, 4) is 0 Å². The van der Waals surface area contributed by atoms with Crippen molar-refractivity contribution < 1.29 is 4.74 Å². The summed E-state index contributed by atoms with van der Waals surface area (Å²) in [7, 11) is 5.53. The van der Waals surface area contributed by atoms with Crippen LogP contribution in [0, 0.1) is 0 Å². The summed E-state index contributed by atoms with van der Waals surface area (Å²) in [6.07, 6.45) is 0. The van der Waals surface area contributed by atoms with Crippen LogP contribution in [0.2, 0.25) is 0 Å². The Hall–Kier alpha value is -0.420. The molecule has 0 N–H and O–H groups in total. The highest BCUT2D eigenvalue weighted by molar-refractivity contribution is 7.81. The van der Waals surface area contributed by atoms with Gasteiger partial charge in [0.25, 0.3) is 5.17 Å². The summed E-state index contributed by atoms with van der Waals surface area (Å²) in [4.78, 5) is 3.47. The van der Waals surface area contributed by atoms with Gasteiger partial charge in [0, 0.05) is 21.1 Å². The zero-order chi connectivity index (χ0) is 9.72. The molecule has 0 heterocycles. The van der Waals surface area contributed by atoms with Crippen molar-refractivity contribution >= 4 is 34.7 Å². The molecule has 0 rings (SSSR count). The Labute approximate surface area is 84.3 Å². The van der Waals surface area contributed by atoms with Crippen molar-refractivity contribution in [3.63, 3.8) is 0 Å². The van der Waals surface area contributed by atoms with Gasteiger partial charge in [0.05, 0.1) is 6.61 Å². The summed E-state index contributed by atoms with van der Waals surface area (Å²) in [5, 5.41) is 1.06. The first kappa shape index (κ1) is 11.6. The molecule has 0 aromatic carbocycles. The number of nitrogens with zero attached hydrogens (tertiary/aromatic N) is 2. The molecule has 0 atom stereocenters. The van der Waals surface area contributed by atoms with E-state index in [0.717, 1.165) is 0 Å². The molecule has 0 saturated heterocycles. The van der Waals surface area contributed by atoms with E-state index in [0.29, 0.717) is 16.9 Å². The fraction of sp³-hybridized carbons (Fsp3) is 0.714. The lowest BCUT2D eigenvalue weighted by molar-refractivity contribution is 0.296. The highest BCUT2D eigenvalue weighted by Crippen LogP contribution is 1.96.